The summed E-state index contributed by atoms with van der Waals surface area (Å²) < 4.78 is 3.12. The summed E-state index contributed by atoms with van der Waals surface area (Å²) in [6.07, 6.45) is 3.17. The summed E-state index contributed by atoms with van der Waals surface area (Å²) in [5, 5.41) is 13.5. The lowest BCUT2D eigenvalue weighted by Crippen LogP contribution is -2.11. The maximum absolute atomic E-state index is 11.3. The number of hydrogen-bond donors (Lipinski definition) is 2. The Labute approximate surface area is 101 Å². The van der Waals surface area contributed by atoms with E-state index in [0.29, 0.717) is 18.0 Å². The second-order valence-corrected chi connectivity index (χ2v) is 3.83. The topological polar surface area (TPSA) is 92.9 Å². The van der Waals surface area contributed by atoms with E-state index in [1.165, 1.54) is 10.7 Å². The van der Waals surface area contributed by atoms with Gasteiger partial charge in [-0.2, -0.15) is 10.2 Å². The number of nitrogens with one attached hydrogen (secondary N) is 2. The fraction of sp³-hybridized carbons (Fsp3) is 0.200. The summed E-state index contributed by atoms with van der Waals surface area (Å²) in [7, 11) is 1.88. The molecule has 3 heterocycles. The summed E-state index contributed by atoms with van der Waals surface area (Å²) in [5.74, 6) is 0.655. The molecule has 0 saturated carbocycles. The van der Waals surface area contributed by atoms with Gasteiger partial charge in [-0.3, -0.25) is 4.68 Å². The molecule has 8 heteroatoms. The molecule has 0 amide bonds. The maximum Gasteiger partial charge on any atom is 0.348 e. The molecule has 3 rings (SSSR count). The van der Waals surface area contributed by atoms with E-state index in [0.717, 1.165) is 5.69 Å². The van der Waals surface area contributed by atoms with Crippen LogP contribution in [0.1, 0.15) is 5.69 Å². The number of nitrogens with zero attached hydrogens (tertiary/aromatic N) is 5. The number of rotatable bonds is 3. The first-order valence-electron chi connectivity index (χ1n) is 5.37. The van der Waals surface area contributed by atoms with Gasteiger partial charge in [0.15, 0.2) is 5.65 Å². The normalized spacial score (nSPS) is 10.9. The zero-order valence-electron chi connectivity index (χ0n) is 9.66. The first-order valence-corrected chi connectivity index (χ1v) is 5.37. The summed E-state index contributed by atoms with van der Waals surface area (Å²) in [5.41, 5.74) is 1.27. The largest absolute Gasteiger partial charge is 0.364 e. The van der Waals surface area contributed by atoms with E-state index < -0.39 is 0 Å². The smallest absolute Gasteiger partial charge is 0.348 e. The van der Waals surface area contributed by atoms with Crippen LogP contribution < -0.4 is 11.0 Å². The number of aryl methyl sites for hydroxylation is 1. The quantitative estimate of drug-likeness (QED) is 0.664. The molecule has 92 valence electrons. The number of anilines is 1. The van der Waals surface area contributed by atoms with Crippen molar-refractivity contribution in [1.29, 1.82) is 0 Å². The highest BCUT2D eigenvalue weighted by molar-refractivity contribution is 5.48. The van der Waals surface area contributed by atoms with E-state index in [1.807, 2.05) is 13.1 Å². The van der Waals surface area contributed by atoms with Gasteiger partial charge in [0.1, 0.15) is 12.1 Å². The van der Waals surface area contributed by atoms with Crippen LogP contribution in [-0.4, -0.2) is 29.4 Å². The molecule has 0 saturated heterocycles. The molecule has 0 aliphatic carbocycles. The van der Waals surface area contributed by atoms with Crippen molar-refractivity contribution >= 4 is 11.5 Å². The van der Waals surface area contributed by atoms with Gasteiger partial charge in [0.25, 0.3) is 0 Å². The van der Waals surface area contributed by atoms with Crippen molar-refractivity contribution in [3.05, 3.63) is 40.8 Å². The highest BCUT2D eigenvalue weighted by Gasteiger charge is 2.03. The monoisotopic (exact) mass is 245 g/mol. The molecule has 18 heavy (non-hydrogen) atoms. The Kier molecular flexibility index (Phi) is 2.33. The van der Waals surface area contributed by atoms with Crippen LogP contribution in [0.3, 0.4) is 0 Å². The standard InChI is InChI=1S/C10H11N7O/c1-16-7(2-3-13-16)5-11-8-4-9-14-15-10(18)17(9)6-12-8/h2-4,6,11H,5H2,1H3,(H,15,18). The molecular formula is C10H11N7O. The zero-order valence-corrected chi connectivity index (χ0v) is 9.66. The predicted molar refractivity (Wildman–Crippen MR) is 64.1 cm³/mol. The van der Waals surface area contributed by atoms with Gasteiger partial charge in [-0.25, -0.2) is 19.3 Å². The van der Waals surface area contributed by atoms with Crippen LogP contribution in [0, 0.1) is 0 Å². The van der Waals surface area contributed by atoms with Crippen LogP contribution in [0.2, 0.25) is 0 Å². The summed E-state index contributed by atoms with van der Waals surface area (Å²) >= 11 is 0. The average Bonchev–Trinajstić information content (AvgIpc) is 2.94. The fourth-order valence-corrected chi connectivity index (χ4v) is 1.66. The molecule has 8 nitrogen and oxygen atoms in total. The van der Waals surface area contributed by atoms with E-state index >= 15 is 0 Å². The first-order chi connectivity index (χ1) is 8.74. The molecule has 0 aliphatic heterocycles. The SMILES string of the molecule is Cn1nccc1CNc1cc2n[nH]c(=O)n2cn1. The van der Waals surface area contributed by atoms with E-state index in [-0.39, 0.29) is 5.69 Å². The Morgan fingerprint density at radius 1 is 1.50 bits per heavy atom. The number of aromatic nitrogens is 6. The van der Waals surface area contributed by atoms with Crippen LogP contribution >= 0.6 is 0 Å². The lowest BCUT2D eigenvalue weighted by atomic mass is 10.4. The highest BCUT2D eigenvalue weighted by atomic mass is 16.1. The Balaban J connectivity index is 1.83. The molecule has 0 fully saturated rings. The molecule has 2 N–H and O–H groups in total. The van der Waals surface area contributed by atoms with Crippen molar-refractivity contribution in [2.75, 3.05) is 5.32 Å². The van der Waals surface area contributed by atoms with Gasteiger partial charge in [0.2, 0.25) is 0 Å². The van der Waals surface area contributed by atoms with E-state index in [4.69, 9.17) is 0 Å². The van der Waals surface area contributed by atoms with Crippen LogP contribution in [0.25, 0.3) is 5.65 Å². The van der Waals surface area contributed by atoms with Gasteiger partial charge in [0.05, 0.1) is 12.2 Å². The van der Waals surface area contributed by atoms with Gasteiger partial charge in [-0.1, -0.05) is 0 Å². The van der Waals surface area contributed by atoms with Crippen molar-refractivity contribution < 1.29 is 0 Å². The van der Waals surface area contributed by atoms with Crippen LogP contribution in [0.5, 0.6) is 0 Å². The molecule has 0 unspecified atom stereocenters. The number of fused-ring (bicyclic) bond motifs is 1. The summed E-state index contributed by atoms with van der Waals surface area (Å²) in [6.45, 7) is 0.605. The summed E-state index contributed by atoms with van der Waals surface area (Å²) in [4.78, 5) is 15.4. The van der Waals surface area contributed by atoms with Crippen molar-refractivity contribution in [1.82, 2.24) is 29.4 Å². The van der Waals surface area contributed by atoms with Gasteiger partial charge in [-0.05, 0) is 6.07 Å². The Morgan fingerprint density at radius 3 is 3.17 bits per heavy atom. The third kappa shape index (κ3) is 1.73. The van der Waals surface area contributed by atoms with Crippen molar-refractivity contribution in [2.45, 2.75) is 6.54 Å². The lowest BCUT2D eigenvalue weighted by Gasteiger charge is -2.05. The molecule has 0 radical (unpaired) electrons. The zero-order chi connectivity index (χ0) is 12.5. The molecule has 0 bridgehead atoms. The minimum absolute atomic E-state index is 0.296. The molecule has 0 atom stereocenters. The second-order valence-electron chi connectivity index (χ2n) is 3.83. The number of hydrogen-bond acceptors (Lipinski definition) is 5. The maximum atomic E-state index is 11.3. The third-order valence-corrected chi connectivity index (χ3v) is 2.68. The van der Waals surface area contributed by atoms with Crippen LogP contribution in [0.15, 0.2) is 29.5 Å². The molecule has 0 aliphatic rings. The molecular weight excluding hydrogens is 234 g/mol. The minimum Gasteiger partial charge on any atom is -0.364 e. The molecule has 0 aromatic carbocycles. The third-order valence-electron chi connectivity index (χ3n) is 2.68. The highest BCUT2D eigenvalue weighted by Crippen LogP contribution is 2.06. The van der Waals surface area contributed by atoms with Crippen LogP contribution in [-0.2, 0) is 13.6 Å². The lowest BCUT2D eigenvalue weighted by molar-refractivity contribution is 0.720. The predicted octanol–water partition coefficient (Wildman–Crippen LogP) is -0.237. The van der Waals surface area contributed by atoms with Crippen LogP contribution in [0.4, 0.5) is 5.82 Å². The second kappa shape index (κ2) is 3.99. The Hall–Kier alpha value is -2.64. The molecule has 3 aromatic rings. The minimum atomic E-state index is -0.296. The summed E-state index contributed by atoms with van der Waals surface area (Å²) in [6, 6.07) is 3.62. The molecule has 3 aromatic heterocycles. The Morgan fingerprint density at radius 2 is 2.39 bits per heavy atom. The van der Waals surface area contributed by atoms with Crippen molar-refractivity contribution in [3.8, 4) is 0 Å². The number of aromatic amines is 1. The van der Waals surface area contributed by atoms with Crippen molar-refractivity contribution in [3.63, 3.8) is 0 Å². The van der Waals surface area contributed by atoms with Gasteiger partial charge < -0.3 is 5.32 Å². The van der Waals surface area contributed by atoms with Gasteiger partial charge in [-0.15, -0.1) is 0 Å². The van der Waals surface area contributed by atoms with Gasteiger partial charge >= 0.3 is 5.69 Å². The Bertz CT molecular complexity index is 738. The van der Waals surface area contributed by atoms with E-state index in [9.17, 15) is 4.79 Å². The number of H-pyrrole nitrogens is 1. The molecule has 0 spiro atoms. The van der Waals surface area contributed by atoms with E-state index in [2.05, 4.69) is 25.6 Å². The average molecular weight is 245 g/mol. The van der Waals surface area contributed by atoms with E-state index in [1.54, 1.807) is 16.9 Å². The fourth-order valence-electron chi connectivity index (χ4n) is 1.66. The van der Waals surface area contributed by atoms with Crippen molar-refractivity contribution in [2.24, 2.45) is 7.05 Å². The van der Waals surface area contributed by atoms with Gasteiger partial charge in [0, 0.05) is 19.3 Å². The first kappa shape index (κ1) is 10.5.